The molecule has 164 valence electrons. The maximum absolute atomic E-state index is 13.0. The number of nitrogens with zero attached hydrogens (tertiary/aromatic N) is 1. The van der Waals surface area contributed by atoms with Crippen molar-refractivity contribution in [1.29, 1.82) is 0 Å². The third kappa shape index (κ3) is 6.08. The summed E-state index contributed by atoms with van der Waals surface area (Å²) in [6, 6.07) is 14.4. The Morgan fingerprint density at radius 1 is 1.10 bits per heavy atom. The number of amides is 1. The molecule has 1 saturated heterocycles. The van der Waals surface area contributed by atoms with Crippen LogP contribution < -0.4 is 9.47 Å². The van der Waals surface area contributed by atoms with Crippen LogP contribution in [0.3, 0.4) is 0 Å². The highest BCUT2D eigenvalue weighted by Crippen LogP contribution is 2.28. The van der Waals surface area contributed by atoms with Crippen molar-refractivity contribution in [2.24, 2.45) is 0 Å². The van der Waals surface area contributed by atoms with Crippen LogP contribution in [0, 0.1) is 0 Å². The number of methoxy groups -OCH3 is 1. The molecule has 1 fully saturated rings. The van der Waals surface area contributed by atoms with Gasteiger partial charge in [0, 0.05) is 24.7 Å². The molecule has 31 heavy (non-hydrogen) atoms. The highest BCUT2D eigenvalue weighted by Gasteiger charge is 2.29. The monoisotopic (exact) mass is 425 g/mol. The lowest BCUT2D eigenvalue weighted by Crippen LogP contribution is -2.44. The Bertz CT molecular complexity index is 906. The second kappa shape index (κ2) is 11.2. The van der Waals surface area contributed by atoms with Gasteiger partial charge in [-0.05, 0) is 30.7 Å². The van der Waals surface area contributed by atoms with Crippen molar-refractivity contribution in [3.8, 4) is 11.5 Å². The summed E-state index contributed by atoms with van der Waals surface area (Å²) in [7, 11) is 1.56. The van der Waals surface area contributed by atoms with Crippen LogP contribution in [0.15, 0.2) is 54.6 Å². The molecule has 7 heteroatoms. The number of ether oxygens (including phenoxy) is 4. The molecular formula is C24H27NO6. The summed E-state index contributed by atoms with van der Waals surface area (Å²) in [4.78, 5) is 27.2. The molecule has 0 spiro atoms. The molecule has 0 N–H and O–H groups in total. The fraction of sp³-hybridized carbons (Fsp3) is 0.333. The number of rotatable bonds is 8. The van der Waals surface area contributed by atoms with Gasteiger partial charge in [-0.25, -0.2) is 4.79 Å². The van der Waals surface area contributed by atoms with Gasteiger partial charge in [0.25, 0.3) is 5.91 Å². The van der Waals surface area contributed by atoms with Crippen LogP contribution in [0.4, 0.5) is 0 Å². The smallest absolute Gasteiger partial charge is 0.331 e. The van der Waals surface area contributed by atoms with Crippen molar-refractivity contribution in [2.75, 3.05) is 40.0 Å². The van der Waals surface area contributed by atoms with Gasteiger partial charge in [0.15, 0.2) is 11.5 Å². The number of carbonyl (C=O) groups is 2. The molecule has 0 radical (unpaired) electrons. The minimum Gasteiger partial charge on any atom is -0.493 e. The molecule has 7 nitrogen and oxygen atoms in total. The molecule has 0 bridgehead atoms. The van der Waals surface area contributed by atoms with Crippen LogP contribution in [0.5, 0.6) is 11.5 Å². The maximum atomic E-state index is 13.0. The second-order valence-electron chi connectivity index (χ2n) is 6.84. The van der Waals surface area contributed by atoms with E-state index in [1.165, 1.54) is 6.08 Å². The quantitative estimate of drug-likeness (QED) is 0.478. The van der Waals surface area contributed by atoms with E-state index in [1.807, 2.05) is 31.2 Å². The average molecular weight is 425 g/mol. The highest BCUT2D eigenvalue weighted by atomic mass is 16.5. The summed E-state index contributed by atoms with van der Waals surface area (Å²) in [5.41, 5.74) is 1.37. The Morgan fingerprint density at radius 3 is 2.52 bits per heavy atom. The van der Waals surface area contributed by atoms with Crippen molar-refractivity contribution >= 4 is 18.0 Å². The van der Waals surface area contributed by atoms with E-state index in [4.69, 9.17) is 18.9 Å². The fourth-order valence-corrected chi connectivity index (χ4v) is 3.22. The number of esters is 1. The normalized spacial score (nSPS) is 14.8. The summed E-state index contributed by atoms with van der Waals surface area (Å²) < 4.78 is 21.7. The zero-order chi connectivity index (χ0) is 22.1. The van der Waals surface area contributed by atoms with E-state index in [0.717, 1.165) is 5.56 Å². The van der Waals surface area contributed by atoms with Crippen molar-refractivity contribution in [3.05, 3.63) is 65.7 Å². The predicted octanol–water partition coefficient (Wildman–Crippen LogP) is 3.25. The minimum absolute atomic E-state index is 0.251. The molecular weight excluding hydrogens is 398 g/mol. The van der Waals surface area contributed by atoms with Gasteiger partial charge in [0.05, 0.1) is 26.9 Å². The molecule has 0 unspecified atom stereocenters. The molecule has 1 aliphatic heterocycles. The van der Waals surface area contributed by atoms with Gasteiger partial charge in [-0.3, -0.25) is 4.79 Å². The lowest BCUT2D eigenvalue weighted by molar-refractivity contribution is -0.159. The molecule has 0 aromatic heterocycles. The van der Waals surface area contributed by atoms with Gasteiger partial charge in [-0.1, -0.05) is 36.4 Å². The first-order chi connectivity index (χ1) is 15.1. The van der Waals surface area contributed by atoms with E-state index in [1.54, 1.807) is 42.4 Å². The van der Waals surface area contributed by atoms with Crippen LogP contribution in [0.25, 0.3) is 6.08 Å². The maximum Gasteiger partial charge on any atom is 0.331 e. The van der Waals surface area contributed by atoms with Gasteiger partial charge in [0.1, 0.15) is 0 Å². The second-order valence-corrected chi connectivity index (χ2v) is 6.84. The zero-order valence-electron chi connectivity index (χ0n) is 17.8. The Kier molecular flexibility index (Phi) is 8.06. The first kappa shape index (κ1) is 22.4. The fourth-order valence-electron chi connectivity index (χ4n) is 3.22. The molecule has 3 rings (SSSR count). The Hall–Kier alpha value is -3.32. The first-order valence-electron chi connectivity index (χ1n) is 10.2. The van der Waals surface area contributed by atoms with E-state index in [0.29, 0.717) is 50.0 Å². The van der Waals surface area contributed by atoms with Crippen molar-refractivity contribution < 1.29 is 28.5 Å². The number of hydrogen-bond donors (Lipinski definition) is 0. The number of carbonyl (C=O) groups excluding carboxylic acids is 2. The summed E-state index contributed by atoms with van der Waals surface area (Å²) in [5.74, 6) is 0.342. The molecule has 2 aromatic carbocycles. The molecule has 2 aromatic rings. The number of morpholine rings is 1. The van der Waals surface area contributed by atoms with Crippen LogP contribution in [-0.4, -0.2) is 56.8 Å². The van der Waals surface area contributed by atoms with Gasteiger partial charge in [-0.2, -0.15) is 0 Å². The van der Waals surface area contributed by atoms with Gasteiger partial charge in [-0.15, -0.1) is 0 Å². The van der Waals surface area contributed by atoms with Crippen LogP contribution >= 0.6 is 0 Å². The van der Waals surface area contributed by atoms with E-state index >= 15 is 0 Å². The lowest BCUT2D eigenvalue weighted by Gasteiger charge is -2.30. The predicted molar refractivity (Wildman–Crippen MR) is 116 cm³/mol. The SMILES string of the molecule is CCOc1ccc(/C=C/C(=O)O[C@@H](C(=O)N2CCOCC2)c2ccccc2)cc1OC. The standard InChI is InChI=1S/C24H27NO6/c1-3-30-20-11-9-18(17-21(20)28-2)10-12-22(26)31-23(19-7-5-4-6-8-19)24(27)25-13-15-29-16-14-25/h4-12,17,23H,3,13-16H2,1-2H3/b12-10+/t23-/m1/s1. The summed E-state index contributed by atoms with van der Waals surface area (Å²) in [6.07, 6.45) is 1.91. The highest BCUT2D eigenvalue weighted by molar-refractivity contribution is 5.91. The van der Waals surface area contributed by atoms with Gasteiger partial charge in [0.2, 0.25) is 6.10 Å². The molecule has 0 saturated carbocycles. The Morgan fingerprint density at radius 2 is 1.84 bits per heavy atom. The summed E-state index contributed by atoms with van der Waals surface area (Å²) in [5, 5.41) is 0. The van der Waals surface area contributed by atoms with E-state index in [2.05, 4.69) is 0 Å². The summed E-state index contributed by atoms with van der Waals surface area (Å²) >= 11 is 0. The van der Waals surface area contributed by atoms with E-state index < -0.39 is 12.1 Å². The average Bonchev–Trinajstić information content (AvgIpc) is 2.82. The van der Waals surface area contributed by atoms with Gasteiger partial charge >= 0.3 is 5.97 Å². The van der Waals surface area contributed by atoms with Crippen molar-refractivity contribution in [3.63, 3.8) is 0 Å². The van der Waals surface area contributed by atoms with Crippen LogP contribution in [0.1, 0.15) is 24.2 Å². The lowest BCUT2D eigenvalue weighted by atomic mass is 10.1. The van der Waals surface area contributed by atoms with E-state index in [9.17, 15) is 9.59 Å². The Labute approximate surface area is 182 Å². The molecule has 1 aliphatic rings. The molecule has 1 amide bonds. The third-order valence-electron chi connectivity index (χ3n) is 4.78. The topological polar surface area (TPSA) is 74.3 Å². The van der Waals surface area contributed by atoms with Crippen LogP contribution in [0.2, 0.25) is 0 Å². The Balaban J connectivity index is 1.73. The van der Waals surface area contributed by atoms with E-state index in [-0.39, 0.29) is 5.91 Å². The third-order valence-corrected chi connectivity index (χ3v) is 4.78. The van der Waals surface area contributed by atoms with Gasteiger partial charge < -0.3 is 23.8 Å². The molecule has 0 aliphatic carbocycles. The van der Waals surface area contributed by atoms with Crippen molar-refractivity contribution in [2.45, 2.75) is 13.0 Å². The largest absolute Gasteiger partial charge is 0.493 e. The summed E-state index contributed by atoms with van der Waals surface area (Å²) in [6.45, 7) is 4.31. The zero-order valence-corrected chi connectivity index (χ0v) is 17.8. The first-order valence-corrected chi connectivity index (χ1v) is 10.2. The van der Waals surface area contributed by atoms with Crippen LogP contribution in [-0.2, 0) is 19.1 Å². The molecule has 1 atom stereocenters. The number of hydrogen-bond acceptors (Lipinski definition) is 6. The minimum atomic E-state index is -1.01. The molecule has 1 heterocycles. The number of benzene rings is 2. The van der Waals surface area contributed by atoms with Crippen molar-refractivity contribution in [1.82, 2.24) is 4.90 Å².